The van der Waals surface area contributed by atoms with E-state index in [0.717, 1.165) is 25.2 Å². The Kier molecular flexibility index (Phi) is 4.98. The van der Waals surface area contributed by atoms with E-state index in [-0.39, 0.29) is 18.4 Å². The molecule has 20 heavy (non-hydrogen) atoms. The summed E-state index contributed by atoms with van der Waals surface area (Å²) >= 11 is 0. The highest BCUT2D eigenvalue weighted by molar-refractivity contribution is 5.94. The molecule has 108 valence electrons. The summed E-state index contributed by atoms with van der Waals surface area (Å²) in [6, 6.07) is 10.2. The Morgan fingerprint density at radius 2 is 2.10 bits per heavy atom. The first-order chi connectivity index (χ1) is 9.69. The molecule has 1 amide bonds. The van der Waals surface area contributed by atoms with Gasteiger partial charge < -0.3 is 15.0 Å². The van der Waals surface area contributed by atoms with E-state index in [1.54, 1.807) is 6.92 Å². The van der Waals surface area contributed by atoms with Gasteiger partial charge in [-0.05, 0) is 25.5 Å². The standard InChI is InChI=1S/C15H20N2O3/c1-2-20-15(19)10-14(18)16-12-8-9-17(11-12)13-6-4-3-5-7-13/h3-7,12H,2,8-11H2,1H3,(H,16,18). The molecule has 2 rings (SSSR count). The maximum atomic E-state index is 11.7. The van der Waals surface area contributed by atoms with Gasteiger partial charge in [-0.2, -0.15) is 0 Å². The SMILES string of the molecule is CCOC(=O)CC(=O)NC1CCN(c2ccccc2)C1. The van der Waals surface area contributed by atoms with Crippen molar-refractivity contribution in [2.24, 2.45) is 0 Å². The number of hydrogen-bond donors (Lipinski definition) is 1. The zero-order valence-electron chi connectivity index (χ0n) is 11.7. The summed E-state index contributed by atoms with van der Waals surface area (Å²) in [5, 5.41) is 2.89. The van der Waals surface area contributed by atoms with Crippen molar-refractivity contribution in [2.75, 3.05) is 24.6 Å². The van der Waals surface area contributed by atoms with Crippen LogP contribution in [-0.4, -0.2) is 37.6 Å². The lowest BCUT2D eigenvalue weighted by Crippen LogP contribution is -2.38. The van der Waals surface area contributed by atoms with Crippen molar-refractivity contribution >= 4 is 17.6 Å². The van der Waals surface area contributed by atoms with Crippen LogP contribution in [0, 0.1) is 0 Å². The smallest absolute Gasteiger partial charge is 0.315 e. The van der Waals surface area contributed by atoms with Crippen molar-refractivity contribution in [1.29, 1.82) is 0 Å². The van der Waals surface area contributed by atoms with Crippen molar-refractivity contribution in [3.05, 3.63) is 30.3 Å². The molecule has 1 aliphatic rings. The van der Waals surface area contributed by atoms with Gasteiger partial charge >= 0.3 is 5.97 Å². The zero-order chi connectivity index (χ0) is 14.4. The minimum absolute atomic E-state index is 0.0946. The fraction of sp³-hybridized carbons (Fsp3) is 0.467. The number of nitrogens with one attached hydrogen (secondary N) is 1. The highest BCUT2D eigenvalue weighted by Crippen LogP contribution is 2.19. The van der Waals surface area contributed by atoms with E-state index >= 15 is 0 Å². The number of esters is 1. The number of amides is 1. The number of anilines is 1. The van der Waals surface area contributed by atoms with E-state index in [1.165, 1.54) is 0 Å². The van der Waals surface area contributed by atoms with Crippen LogP contribution in [0.15, 0.2) is 30.3 Å². The average molecular weight is 276 g/mol. The molecule has 0 aromatic heterocycles. The molecule has 1 heterocycles. The lowest BCUT2D eigenvalue weighted by Gasteiger charge is -2.18. The summed E-state index contributed by atoms with van der Waals surface area (Å²) in [5.74, 6) is -0.730. The highest BCUT2D eigenvalue weighted by atomic mass is 16.5. The lowest BCUT2D eigenvalue weighted by atomic mass is 10.2. The second-order valence-corrected chi connectivity index (χ2v) is 4.82. The van der Waals surface area contributed by atoms with Crippen LogP contribution in [0.2, 0.25) is 0 Å². The Hall–Kier alpha value is -2.04. The van der Waals surface area contributed by atoms with Crippen molar-refractivity contribution in [2.45, 2.75) is 25.8 Å². The molecule has 1 aromatic carbocycles. The topological polar surface area (TPSA) is 58.6 Å². The zero-order valence-corrected chi connectivity index (χ0v) is 11.7. The third kappa shape index (κ3) is 3.98. The van der Waals surface area contributed by atoms with Gasteiger partial charge in [0.05, 0.1) is 6.61 Å². The van der Waals surface area contributed by atoms with E-state index < -0.39 is 5.97 Å². The average Bonchev–Trinajstić information content (AvgIpc) is 2.88. The minimum atomic E-state index is -0.470. The number of carbonyl (C=O) groups excluding carboxylic acids is 2. The van der Waals surface area contributed by atoms with Crippen molar-refractivity contribution in [3.8, 4) is 0 Å². The van der Waals surface area contributed by atoms with Gasteiger partial charge in [0.15, 0.2) is 0 Å². The van der Waals surface area contributed by atoms with Gasteiger partial charge in [0, 0.05) is 24.8 Å². The van der Waals surface area contributed by atoms with Crippen LogP contribution in [-0.2, 0) is 14.3 Å². The van der Waals surface area contributed by atoms with Gasteiger partial charge in [0.2, 0.25) is 5.91 Å². The van der Waals surface area contributed by atoms with Crippen molar-refractivity contribution in [1.82, 2.24) is 5.32 Å². The first-order valence-corrected chi connectivity index (χ1v) is 6.94. The number of nitrogens with zero attached hydrogens (tertiary/aromatic N) is 1. The van der Waals surface area contributed by atoms with Crippen LogP contribution in [0.3, 0.4) is 0 Å². The molecular formula is C15H20N2O3. The van der Waals surface area contributed by atoms with E-state index in [4.69, 9.17) is 4.74 Å². The second kappa shape index (κ2) is 6.93. The van der Waals surface area contributed by atoms with Crippen LogP contribution < -0.4 is 10.2 Å². The van der Waals surface area contributed by atoms with E-state index in [9.17, 15) is 9.59 Å². The predicted octanol–water partition coefficient (Wildman–Crippen LogP) is 1.33. The van der Waals surface area contributed by atoms with Gasteiger partial charge in [-0.3, -0.25) is 9.59 Å². The molecule has 1 atom stereocenters. The van der Waals surface area contributed by atoms with Gasteiger partial charge in [0.1, 0.15) is 6.42 Å². The maximum absolute atomic E-state index is 11.7. The third-order valence-corrected chi connectivity index (χ3v) is 3.28. The number of ether oxygens (including phenoxy) is 1. The van der Waals surface area contributed by atoms with Crippen LogP contribution in [0.4, 0.5) is 5.69 Å². The normalized spacial score (nSPS) is 17.9. The largest absolute Gasteiger partial charge is 0.466 e. The van der Waals surface area contributed by atoms with E-state index in [0.29, 0.717) is 6.61 Å². The quantitative estimate of drug-likeness (QED) is 0.651. The van der Waals surface area contributed by atoms with Crippen molar-refractivity contribution < 1.29 is 14.3 Å². The molecule has 1 unspecified atom stereocenters. The van der Waals surface area contributed by atoms with Crippen LogP contribution in [0.5, 0.6) is 0 Å². The molecule has 5 heteroatoms. The van der Waals surface area contributed by atoms with Crippen molar-refractivity contribution in [3.63, 3.8) is 0 Å². The first-order valence-electron chi connectivity index (χ1n) is 6.94. The summed E-state index contributed by atoms with van der Waals surface area (Å²) in [7, 11) is 0. The molecule has 1 N–H and O–H groups in total. The Labute approximate surface area is 118 Å². The molecule has 0 saturated carbocycles. The summed E-state index contributed by atoms with van der Waals surface area (Å²) in [5.41, 5.74) is 1.16. The lowest BCUT2D eigenvalue weighted by molar-refractivity contribution is -0.146. The molecule has 1 saturated heterocycles. The molecule has 1 aliphatic heterocycles. The summed E-state index contributed by atoms with van der Waals surface area (Å²) in [6.07, 6.45) is 0.694. The molecule has 0 aliphatic carbocycles. The number of carbonyl (C=O) groups is 2. The van der Waals surface area contributed by atoms with E-state index in [2.05, 4.69) is 22.3 Å². The van der Waals surface area contributed by atoms with Gasteiger partial charge in [-0.15, -0.1) is 0 Å². The number of hydrogen-bond acceptors (Lipinski definition) is 4. The molecule has 0 radical (unpaired) electrons. The molecule has 5 nitrogen and oxygen atoms in total. The Balaban J connectivity index is 1.79. The molecule has 1 aromatic rings. The molecule has 0 bridgehead atoms. The first kappa shape index (κ1) is 14.4. The Bertz CT molecular complexity index is 461. The molecular weight excluding hydrogens is 256 g/mol. The fourth-order valence-corrected chi connectivity index (χ4v) is 2.37. The molecule has 0 spiro atoms. The third-order valence-electron chi connectivity index (χ3n) is 3.28. The van der Waals surface area contributed by atoms with Crippen LogP contribution in [0.25, 0.3) is 0 Å². The summed E-state index contributed by atoms with van der Waals surface area (Å²) in [4.78, 5) is 25.1. The number of para-hydroxylation sites is 1. The Morgan fingerprint density at radius 1 is 1.35 bits per heavy atom. The van der Waals surface area contributed by atoms with Crippen LogP contribution in [0.1, 0.15) is 19.8 Å². The Morgan fingerprint density at radius 3 is 2.80 bits per heavy atom. The van der Waals surface area contributed by atoms with Gasteiger partial charge in [-0.1, -0.05) is 18.2 Å². The van der Waals surface area contributed by atoms with E-state index in [1.807, 2.05) is 18.2 Å². The van der Waals surface area contributed by atoms with Gasteiger partial charge in [0.25, 0.3) is 0 Å². The van der Waals surface area contributed by atoms with Crippen LogP contribution >= 0.6 is 0 Å². The fourth-order valence-electron chi connectivity index (χ4n) is 2.37. The second-order valence-electron chi connectivity index (χ2n) is 4.82. The minimum Gasteiger partial charge on any atom is -0.466 e. The maximum Gasteiger partial charge on any atom is 0.315 e. The number of rotatable bonds is 5. The highest BCUT2D eigenvalue weighted by Gasteiger charge is 2.24. The van der Waals surface area contributed by atoms with Gasteiger partial charge in [-0.25, -0.2) is 0 Å². The summed E-state index contributed by atoms with van der Waals surface area (Å²) < 4.78 is 4.76. The summed E-state index contributed by atoms with van der Waals surface area (Å²) in [6.45, 7) is 3.72. The number of benzene rings is 1. The predicted molar refractivity (Wildman–Crippen MR) is 76.5 cm³/mol. The molecule has 1 fully saturated rings. The monoisotopic (exact) mass is 276 g/mol.